The van der Waals surface area contributed by atoms with Crippen LogP contribution in [0.15, 0.2) is 30.3 Å². The van der Waals surface area contributed by atoms with Crippen LogP contribution in [0.25, 0.3) is 0 Å². The van der Waals surface area contributed by atoms with Crippen LogP contribution >= 0.6 is 11.3 Å². The molecular formula is C16H14F3NO3S. The third-order valence-corrected chi connectivity index (χ3v) is 4.21. The Kier molecular flexibility index (Phi) is 5.28. The molecule has 0 unspecified atom stereocenters. The van der Waals surface area contributed by atoms with Crippen LogP contribution < -0.4 is 10.1 Å². The van der Waals surface area contributed by atoms with Crippen molar-refractivity contribution >= 4 is 28.0 Å². The summed E-state index contributed by atoms with van der Waals surface area (Å²) < 4.78 is 40.2. The van der Waals surface area contributed by atoms with Gasteiger partial charge in [-0.3, -0.25) is 9.59 Å². The molecule has 1 amide bonds. The van der Waals surface area contributed by atoms with Crippen molar-refractivity contribution in [1.29, 1.82) is 0 Å². The number of amides is 1. The highest BCUT2D eigenvalue weighted by Gasteiger charge is 2.31. The molecule has 1 heterocycles. The third-order valence-electron chi connectivity index (χ3n) is 3.02. The van der Waals surface area contributed by atoms with Crippen molar-refractivity contribution in [3.05, 3.63) is 46.3 Å². The number of ketones is 1. The second-order valence-corrected chi connectivity index (χ2v) is 6.03. The Balaban J connectivity index is 2.28. The fourth-order valence-corrected chi connectivity index (χ4v) is 3.04. The minimum absolute atomic E-state index is 0.205. The lowest BCUT2D eigenvalue weighted by Gasteiger charge is -2.09. The van der Waals surface area contributed by atoms with Gasteiger partial charge in [-0.25, -0.2) is 0 Å². The monoisotopic (exact) mass is 357 g/mol. The van der Waals surface area contributed by atoms with E-state index in [1.807, 2.05) is 6.92 Å². The molecule has 0 bridgehead atoms. The van der Waals surface area contributed by atoms with Gasteiger partial charge in [0.25, 0.3) is 0 Å². The van der Waals surface area contributed by atoms with Gasteiger partial charge in [0.05, 0.1) is 5.56 Å². The zero-order valence-corrected chi connectivity index (χ0v) is 13.7. The Bertz CT molecular complexity index is 751. The number of anilines is 1. The number of hydrogen-bond acceptors (Lipinski definition) is 4. The van der Waals surface area contributed by atoms with E-state index in [9.17, 15) is 22.8 Å². The summed E-state index contributed by atoms with van der Waals surface area (Å²) in [7, 11) is 0. The highest BCUT2D eigenvalue weighted by atomic mass is 32.1. The Morgan fingerprint density at radius 3 is 2.33 bits per heavy atom. The van der Waals surface area contributed by atoms with Gasteiger partial charge < -0.3 is 10.1 Å². The molecule has 2 rings (SSSR count). The van der Waals surface area contributed by atoms with Crippen LogP contribution in [0, 0.1) is 0 Å². The molecule has 128 valence electrons. The number of carbonyl (C=O) groups is 2. The van der Waals surface area contributed by atoms with Gasteiger partial charge in [0.2, 0.25) is 5.91 Å². The zero-order valence-electron chi connectivity index (χ0n) is 12.9. The van der Waals surface area contributed by atoms with Gasteiger partial charge in [-0.1, -0.05) is 6.92 Å². The predicted octanol–water partition coefficient (Wildman–Crippen LogP) is 4.40. The van der Waals surface area contributed by atoms with Gasteiger partial charge in [-0.2, -0.15) is 0 Å². The topological polar surface area (TPSA) is 55.4 Å². The standard InChI is InChI=1S/C16H14F3NO3S/c1-3-12-8-13(15(24-12)20-9(2)21)14(22)10-4-6-11(7-5-10)23-16(17,18)19/h4-8H,3H2,1-2H3,(H,20,21). The molecule has 0 saturated carbocycles. The third kappa shape index (κ3) is 4.58. The van der Waals surface area contributed by atoms with Gasteiger partial charge in [0.1, 0.15) is 10.8 Å². The number of carbonyl (C=O) groups excluding carboxylic acids is 2. The number of nitrogens with one attached hydrogen (secondary N) is 1. The molecule has 1 aromatic heterocycles. The molecular weight excluding hydrogens is 343 g/mol. The molecule has 0 aliphatic heterocycles. The molecule has 0 spiro atoms. The Morgan fingerprint density at radius 1 is 1.21 bits per heavy atom. The lowest BCUT2D eigenvalue weighted by Crippen LogP contribution is -2.17. The largest absolute Gasteiger partial charge is 0.573 e. The number of thiophene rings is 1. The van der Waals surface area contributed by atoms with Crippen LogP contribution in [0.5, 0.6) is 5.75 Å². The van der Waals surface area contributed by atoms with E-state index in [-0.39, 0.29) is 17.3 Å². The second kappa shape index (κ2) is 7.04. The average Bonchev–Trinajstić information content (AvgIpc) is 2.88. The van der Waals surface area contributed by atoms with E-state index < -0.39 is 12.1 Å². The van der Waals surface area contributed by atoms with Crippen molar-refractivity contribution in [2.75, 3.05) is 5.32 Å². The quantitative estimate of drug-likeness (QED) is 0.807. The molecule has 0 atom stereocenters. The molecule has 4 nitrogen and oxygen atoms in total. The van der Waals surface area contributed by atoms with Gasteiger partial charge in [-0.05, 0) is 36.8 Å². The fourth-order valence-electron chi connectivity index (χ4n) is 2.00. The van der Waals surface area contributed by atoms with Gasteiger partial charge >= 0.3 is 6.36 Å². The first-order chi connectivity index (χ1) is 11.2. The Morgan fingerprint density at radius 2 is 1.83 bits per heavy atom. The Labute approximate surface area is 140 Å². The lowest BCUT2D eigenvalue weighted by atomic mass is 10.0. The number of hydrogen-bond donors (Lipinski definition) is 1. The molecule has 24 heavy (non-hydrogen) atoms. The molecule has 0 aliphatic rings. The SMILES string of the molecule is CCc1cc(C(=O)c2ccc(OC(F)(F)F)cc2)c(NC(C)=O)s1. The number of halogens is 3. The minimum atomic E-state index is -4.78. The van der Waals surface area contributed by atoms with Gasteiger partial charge in [-0.15, -0.1) is 24.5 Å². The number of rotatable bonds is 5. The van der Waals surface area contributed by atoms with Gasteiger partial charge in [0, 0.05) is 17.4 Å². The summed E-state index contributed by atoms with van der Waals surface area (Å²) in [6, 6.07) is 6.34. The maximum absolute atomic E-state index is 12.6. The van der Waals surface area contributed by atoms with Crippen LogP contribution in [0.1, 0.15) is 34.6 Å². The summed E-state index contributed by atoms with van der Waals surface area (Å²) in [5, 5.41) is 3.04. The average molecular weight is 357 g/mol. The van der Waals surface area contributed by atoms with E-state index in [1.54, 1.807) is 6.07 Å². The molecule has 0 saturated heterocycles. The highest BCUT2D eigenvalue weighted by molar-refractivity contribution is 7.16. The second-order valence-electron chi connectivity index (χ2n) is 4.89. The molecule has 8 heteroatoms. The first-order valence-electron chi connectivity index (χ1n) is 7.00. The van der Waals surface area contributed by atoms with E-state index in [0.717, 1.165) is 17.0 Å². The maximum atomic E-state index is 12.6. The molecule has 0 fully saturated rings. The molecule has 0 aliphatic carbocycles. The van der Waals surface area contributed by atoms with E-state index in [0.29, 0.717) is 17.0 Å². The summed E-state index contributed by atoms with van der Waals surface area (Å²) in [5.41, 5.74) is 0.521. The van der Waals surface area contributed by atoms with Crippen LogP contribution in [-0.2, 0) is 11.2 Å². The van der Waals surface area contributed by atoms with E-state index in [1.165, 1.54) is 30.4 Å². The lowest BCUT2D eigenvalue weighted by molar-refractivity contribution is -0.274. The minimum Gasteiger partial charge on any atom is -0.406 e. The van der Waals surface area contributed by atoms with Crippen molar-refractivity contribution < 1.29 is 27.5 Å². The van der Waals surface area contributed by atoms with Crippen molar-refractivity contribution in [3.8, 4) is 5.75 Å². The molecule has 1 aromatic carbocycles. The van der Waals surface area contributed by atoms with Gasteiger partial charge in [0.15, 0.2) is 5.78 Å². The molecule has 0 radical (unpaired) electrons. The predicted molar refractivity (Wildman–Crippen MR) is 84.6 cm³/mol. The van der Waals surface area contributed by atoms with Crippen LogP contribution in [-0.4, -0.2) is 18.1 Å². The van der Waals surface area contributed by atoms with E-state index in [4.69, 9.17) is 0 Å². The maximum Gasteiger partial charge on any atom is 0.573 e. The molecule has 2 aromatic rings. The van der Waals surface area contributed by atoms with Crippen molar-refractivity contribution in [1.82, 2.24) is 0 Å². The normalized spacial score (nSPS) is 11.2. The summed E-state index contributed by atoms with van der Waals surface area (Å²) >= 11 is 1.30. The number of aryl methyl sites for hydroxylation is 1. The smallest absolute Gasteiger partial charge is 0.406 e. The summed E-state index contributed by atoms with van der Waals surface area (Å²) in [6.07, 6.45) is -4.09. The first kappa shape index (κ1) is 18.0. The highest BCUT2D eigenvalue weighted by Crippen LogP contribution is 2.31. The Hall–Kier alpha value is -2.35. The number of alkyl halides is 3. The van der Waals surface area contributed by atoms with Crippen molar-refractivity contribution in [3.63, 3.8) is 0 Å². The summed E-state index contributed by atoms with van der Waals surface area (Å²) in [5.74, 6) is -1.09. The van der Waals surface area contributed by atoms with E-state index in [2.05, 4.69) is 10.1 Å². The number of benzene rings is 1. The first-order valence-corrected chi connectivity index (χ1v) is 7.82. The fraction of sp³-hybridized carbons (Fsp3) is 0.250. The van der Waals surface area contributed by atoms with Crippen molar-refractivity contribution in [2.45, 2.75) is 26.6 Å². The molecule has 1 N–H and O–H groups in total. The van der Waals surface area contributed by atoms with Crippen LogP contribution in [0.3, 0.4) is 0 Å². The zero-order chi connectivity index (χ0) is 17.9. The summed E-state index contributed by atoms with van der Waals surface area (Å²) in [4.78, 5) is 24.7. The van der Waals surface area contributed by atoms with E-state index >= 15 is 0 Å². The van der Waals surface area contributed by atoms with Crippen LogP contribution in [0.4, 0.5) is 18.2 Å². The van der Waals surface area contributed by atoms with Crippen molar-refractivity contribution in [2.24, 2.45) is 0 Å². The number of ether oxygens (including phenoxy) is 1. The van der Waals surface area contributed by atoms with Crippen LogP contribution in [0.2, 0.25) is 0 Å². The summed E-state index contributed by atoms with van der Waals surface area (Å²) in [6.45, 7) is 3.25.